The van der Waals surface area contributed by atoms with Crippen molar-refractivity contribution in [3.8, 4) is 11.4 Å². The summed E-state index contributed by atoms with van der Waals surface area (Å²) in [5, 5.41) is 0.679. The van der Waals surface area contributed by atoms with Gasteiger partial charge in [0.25, 0.3) is 5.56 Å². The molecule has 0 radical (unpaired) electrons. The molecule has 0 atom stereocenters. The van der Waals surface area contributed by atoms with Crippen molar-refractivity contribution >= 4 is 28.7 Å². The molecule has 30 heavy (non-hydrogen) atoms. The van der Waals surface area contributed by atoms with Crippen LogP contribution in [0.1, 0.15) is 18.4 Å². The van der Waals surface area contributed by atoms with Crippen molar-refractivity contribution < 1.29 is 4.79 Å². The van der Waals surface area contributed by atoms with Gasteiger partial charge in [0.15, 0.2) is 11.5 Å². The molecule has 1 saturated heterocycles. The molecule has 0 unspecified atom stereocenters. The second kappa shape index (κ2) is 8.06. The molecule has 8 nitrogen and oxygen atoms in total. The van der Waals surface area contributed by atoms with Gasteiger partial charge in [-0.1, -0.05) is 36.0 Å². The lowest BCUT2D eigenvalue weighted by molar-refractivity contribution is -0.127. The standard InChI is InChI=1S/C21H23N5O3S/c1-13-8-4-5-9-14(13)17-22-18-16(20(28)25(3)21(29)24(18)2)19(23-17)30-12-15(27)26-10-6-7-11-26/h4-5,8-9H,6-7,10-12H2,1-3H3. The average Bonchev–Trinajstić information content (AvgIpc) is 3.29. The maximum absolute atomic E-state index is 12.9. The third-order valence-corrected chi connectivity index (χ3v) is 6.40. The maximum atomic E-state index is 12.9. The van der Waals surface area contributed by atoms with Crippen LogP contribution in [-0.2, 0) is 18.9 Å². The van der Waals surface area contributed by atoms with E-state index in [1.807, 2.05) is 36.1 Å². The largest absolute Gasteiger partial charge is 0.342 e. The molecular formula is C21H23N5O3S. The number of aryl methyl sites for hydroxylation is 2. The molecule has 3 aromatic rings. The Bertz CT molecular complexity index is 1260. The number of fused-ring (bicyclic) bond motifs is 1. The number of aromatic nitrogens is 4. The van der Waals surface area contributed by atoms with Gasteiger partial charge in [-0.3, -0.25) is 18.7 Å². The summed E-state index contributed by atoms with van der Waals surface area (Å²) in [6, 6.07) is 7.67. The van der Waals surface area contributed by atoms with E-state index in [-0.39, 0.29) is 22.7 Å². The maximum Gasteiger partial charge on any atom is 0.332 e. The van der Waals surface area contributed by atoms with E-state index in [9.17, 15) is 14.4 Å². The number of carbonyl (C=O) groups is 1. The summed E-state index contributed by atoms with van der Waals surface area (Å²) in [7, 11) is 3.02. The van der Waals surface area contributed by atoms with Gasteiger partial charge < -0.3 is 4.90 Å². The quantitative estimate of drug-likeness (QED) is 0.467. The Hall–Kier alpha value is -2.94. The highest BCUT2D eigenvalue weighted by Gasteiger charge is 2.22. The SMILES string of the molecule is Cc1ccccc1-c1nc(SCC(=O)N2CCCC2)c2c(=O)n(C)c(=O)n(C)c2n1. The van der Waals surface area contributed by atoms with E-state index >= 15 is 0 Å². The van der Waals surface area contributed by atoms with Crippen LogP contribution in [0.25, 0.3) is 22.4 Å². The zero-order valence-corrected chi connectivity index (χ0v) is 18.0. The average molecular weight is 426 g/mol. The van der Waals surface area contributed by atoms with E-state index in [2.05, 4.69) is 9.97 Å². The fourth-order valence-electron chi connectivity index (χ4n) is 3.67. The molecule has 0 bridgehead atoms. The summed E-state index contributed by atoms with van der Waals surface area (Å²) < 4.78 is 2.40. The second-order valence-corrected chi connectivity index (χ2v) is 8.41. The predicted octanol–water partition coefficient (Wildman–Crippen LogP) is 1.72. The zero-order valence-electron chi connectivity index (χ0n) is 17.2. The number of nitrogens with zero attached hydrogens (tertiary/aromatic N) is 5. The number of carbonyl (C=O) groups excluding carboxylic acids is 1. The van der Waals surface area contributed by atoms with Crippen molar-refractivity contribution in [1.82, 2.24) is 24.0 Å². The Morgan fingerprint density at radius 1 is 1.07 bits per heavy atom. The predicted molar refractivity (Wildman–Crippen MR) is 117 cm³/mol. The van der Waals surface area contributed by atoms with Crippen molar-refractivity contribution in [1.29, 1.82) is 0 Å². The van der Waals surface area contributed by atoms with Gasteiger partial charge in [-0.25, -0.2) is 14.8 Å². The summed E-state index contributed by atoms with van der Waals surface area (Å²) >= 11 is 1.23. The third kappa shape index (κ3) is 3.54. The first-order valence-corrected chi connectivity index (χ1v) is 10.8. The number of likely N-dealkylation sites (tertiary alicyclic amines) is 1. The summed E-state index contributed by atoms with van der Waals surface area (Å²) in [4.78, 5) is 49.0. The molecule has 2 aromatic heterocycles. The molecule has 1 aliphatic heterocycles. The molecular weight excluding hydrogens is 402 g/mol. The molecule has 4 rings (SSSR count). The highest BCUT2D eigenvalue weighted by Crippen LogP contribution is 2.28. The van der Waals surface area contributed by atoms with Crippen molar-refractivity contribution in [2.24, 2.45) is 14.1 Å². The molecule has 0 aliphatic carbocycles. The molecule has 1 aliphatic rings. The molecule has 1 fully saturated rings. The number of benzene rings is 1. The third-order valence-electron chi connectivity index (χ3n) is 5.44. The van der Waals surface area contributed by atoms with Crippen molar-refractivity contribution in [2.45, 2.75) is 24.8 Å². The smallest absolute Gasteiger partial charge is 0.332 e. The first-order chi connectivity index (χ1) is 14.4. The fraction of sp³-hybridized carbons (Fsp3) is 0.381. The Labute approximate surface area is 177 Å². The Morgan fingerprint density at radius 3 is 2.47 bits per heavy atom. The zero-order chi connectivity index (χ0) is 21.4. The van der Waals surface area contributed by atoms with E-state index < -0.39 is 11.2 Å². The van der Waals surface area contributed by atoms with E-state index in [0.717, 1.165) is 41.6 Å². The minimum atomic E-state index is -0.458. The van der Waals surface area contributed by atoms with Crippen molar-refractivity contribution in [3.05, 3.63) is 50.7 Å². The molecule has 0 spiro atoms. The second-order valence-electron chi connectivity index (χ2n) is 7.45. The summed E-state index contributed by atoms with van der Waals surface area (Å²) in [5.74, 6) is 0.647. The Kier molecular flexibility index (Phi) is 5.46. The summed E-state index contributed by atoms with van der Waals surface area (Å²) in [5.41, 5.74) is 1.16. The van der Waals surface area contributed by atoms with Gasteiger partial charge in [-0.05, 0) is 25.3 Å². The molecule has 1 aromatic carbocycles. The van der Waals surface area contributed by atoms with Crippen LogP contribution in [0.15, 0.2) is 38.9 Å². The minimum absolute atomic E-state index is 0.0309. The van der Waals surface area contributed by atoms with Gasteiger partial charge in [0, 0.05) is 32.7 Å². The fourth-order valence-corrected chi connectivity index (χ4v) is 4.58. The molecule has 3 heterocycles. The number of amides is 1. The minimum Gasteiger partial charge on any atom is -0.342 e. The Morgan fingerprint density at radius 2 is 1.77 bits per heavy atom. The lowest BCUT2D eigenvalue weighted by Gasteiger charge is -2.16. The van der Waals surface area contributed by atoms with Gasteiger partial charge in [0.05, 0.1) is 5.75 Å². The van der Waals surface area contributed by atoms with Crippen LogP contribution >= 0.6 is 11.8 Å². The van der Waals surface area contributed by atoms with Crippen molar-refractivity contribution in [3.63, 3.8) is 0 Å². The van der Waals surface area contributed by atoms with Crippen LogP contribution in [-0.4, -0.2) is 48.8 Å². The van der Waals surface area contributed by atoms with Crippen LogP contribution in [0.2, 0.25) is 0 Å². The van der Waals surface area contributed by atoms with Crippen LogP contribution < -0.4 is 11.2 Å². The first-order valence-electron chi connectivity index (χ1n) is 9.83. The lowest BCUT2D eigenvalue weighted by Crippen LogP contribution is -2.37. The van der Waals surface area contributed by atoms with Gasteiger partial charge in [0.1, 0.15) is 10.4 Å². The molecule has 0 saturated carbocycles. The molecule has 1 amide bonds. The monoisotopic (exact) mass is 425 g/mol. The highest BCUT2D eigenvalue weighted by molar-refractivity contribution is 8.00. The van der Waals surface area contributed by atoms with Gasteiger partial charge >= 0.3 is 5.69 Å². The number of rotatable bonds is 4. The number of hydrogen-bond acceptors (Lipinski definition) is 6. The summed E-state index contributed by atoms with van der Waals surface area (Å²) in [6.07, 6.45) is 2.04. The number of thioether (sulfide) groups is 1. The van der Waals surface area contributed by atoms with E-state index in [0.29, 0.717) is 10.9 Å². The van der Waals surface area contributed by atoms with Crippen LogP contribution in [0.5, 0.6) is 0 Å². The number of hydrogen-bond donors (Lipinski definition) is 0. The molecule has 9 heteroatoms. The lowest BCUT2D eigenvalue weighted by atomic mass is 10.1. The summed E-state index contributed by atoms with van der Waals surface area (Å²) in [6.45, 7) is 3.50. The van der Waals surface area contributed by atoms with Crippen molar-refractivity contribution in [2.75, 3.05) is 18.8 Å². The first kappa shape index (κ1) is 20.3. The van der Waals surface area contributed by atoms with Gasteiger partial charge in [-0.15, -0.1) is 0 Å². The normalized spacial score (nSPS) is 13.9. The molecule has 156 valence electrons. The van der Waals surface area contributed by atoms with Crippen LogP contribution in [0, 0.1) is 6.92 Å². The highest BCUT2D eigenvalue weighted by atomic mass is 32.2. The van der Waals surface area contributed by atoms with E-state index in [1.165, 1.54) is 23.4 Å². The van der Waals surface area contributed by atoms with E-state index in [4.69, 9.17) is 0 Å². The van der Waals surface area contributed by atoms with Crippen LogP contribution in [0.3, 0.4) is 0 Å². The van der Waals surface area contributed by atoms with Gasteiger partial charge in [-0.2, -0.15) is 0 Å². The molecule has 0 N–H and O–H groups in total. The Balaban J connectivity index is 1.87. The van der Waals surface area contributed by atoms with Crippen LogP contribution in [0.4, 0.5) is 0 Å². The topological polar surface area (TPSA) is 90.1 Å². The van der Waals surface area contributed by atoms with Gasteiger partial charge in [0.2, 0.25) is 5.91 Å². The van der Waals surface area contributed by atoms with E-state index in [1.54, 1.807) is 7.05 Å².